The average molecular weight is 204 g/mol. The van der Waals surface area contributed by atoms with Gasteiger partial charge in [-0.25, -0.2) is 0 Å². The topological polar surface area (TPSA) is 18.5 Å². The molecule has 0 bridgehead atoms. The van der Waals surface area contributed by atoms with Gasteiger partial charge >= 0.3 is 7.12 Å². The lowest BCUT2D eigenvalue weighted by molar-refractivity contribution is -0.0229. The molecule has 0 saturated carbocycles. The summed E-state index contributed by atoms with van der Waals surface area (Å²) in [7, 11) is -0.218. The van der Waals surface area contributed by atoms with Gasteiger partial charge in [0.05, 0.1) is 5.60 Å². The highest BCUT2D eigenvalue weighted by atomic mass is 16.6. The van der Waals surface area contributed by atoms with E-state index in [1.807, 2.05) is 30.3 Å². The van der Waals surface area contributed by atoms with E-state index < -0.39 is 0 Å². The average Bonchev–Trinajstić information content (AvgIpc) is 2.16. The Hall–Kier alpha value is -0.795. The standard InChI is InChI=1S/C12H17BO2/c1-10-9-12(2,3)15-13(14-10)11-7-5-4-6-8-11/h4-8,10H,9H2,1-3H3/t10-/m1/s1. The van der Waals surface area contributed by atoms with Crippen molar-refractivity contribution in [2.45, 2.75) is 38.9 Å². The number of rotatable bonds is 1. The summed E-state index contributed by atoms with van der Waals surface area (Å²) in [6.45, 7) is 6.32. The molecular formula is C12H17BO2. The molecule has 1 aromatic carbocycles. The van der Waals surface area contributed by atoms with Crippen molar-refractivity contribution in [3.05, 3.63) is 30.3 Å². The Balaban J connectivity index is 2.17. The van der Waals surface area contributed by atoms with E-state index in [2.05, 4.69) is 20.8 Å². The van der Waals surface area contributed by atoms with Gasteiger partial charge in [-0.3, -0.25) is 0 Å². The molecule has 1 atom stereocenters. The third-order valence-electron chi connectivity index (χ3n) is 2.63. The lowest BCUT2D eigenvalue weighted by atomic mass is 9.75. The molecule has 1 aliphatic rings. The fraction of sp³-hybridized carbons (Fsp3) is 0.500. The van der Waals surface area contributed by atoms with Crippen LogP contribution < -0.4 is 5.46 Å². The van der Waals surface area contributed by atoms with Gasteiger partial charge < -0.3 is 9.31 Å². The van der Waals surface area contributed by atoms with E-state index in [1.54, 1.807) is 0 Å². The van der Waals surface area contributed by atoms with E-state index in [-0.39, 0.29) is 18.8 Å². The summed E-state index contributed by atoms with van der Waals surface area (Å²) < 4.78 is 11.7. The number of benzene rings is 1. The molecule has 1 aliphatic heterocycles. The highest BCUT2D eigenvalue weighted by Crippen LogP contribution is 2.25. The molecular weight excluding hydrogens is 187 g/mol. The quantitative estimate of drug-likeness (QED) is 0.651. The molecule has 2 rings (SSSR count). The van der Waals surface area contributed by atoms with E-state index >= 15 is 0 Å². The Labute approximate surface area is 91.7 Å². The maximum absolute atomic E-state index is 5.91. The molecule has 0 unspecified atom stereocenters. The van der Waals surface area contributed by atoms with Crippen LogP contribution in [0.2, 0.25) is 0 Å². The lowest BCUT2D eigenvalue weighted by Gasteiger charge is -2.38. The second-order valence-corrected chi connectivity index (χ2v) is 4.77. The van der Waals surface area contributed by atoms with Crippen molar-refractivity contribution in [1.29, 1.82) is 0 Å². The summed E-state index contributed by atoms with van der Waals surface area (Å²) in [6, 6.07) is 10.1. The first kappa shape index (κ1) is 10.7. The highest BCUT2D eigenvalue weighted by Gasteiger charge is 2.37. The maximum atomic E-state index is 5.91. The van der Waals surface area contributed by atoms with Crippen molar-refractivity contribution in [2.24, 2.45) is 0 Å². The second-order valence-electron chi connectivity index (χ2n) is 4.77. The molecule has 80 valence electrons. The molecule has 0 amide bonds. The largest absolute Gasteiger partial charge is 0.494 e. The minimum atomic E-state index is -0.218. The molecule has 0 aromatic heterocycles. The van der Waals surface area contributed by atoms with Crippen LogP contribution in [0.15, 0.2) is 30.3 Å². The zero-order chi connectivity index (χ0) is 10.9. The number of hydrogen-bond acceptors (Lipinski definition) is 2. The first-order valence-electron chi connectivity index (χ1n) is 5.45. The fourth-order valence-electron chi connectivity index (χ4n) is 2.07. The van der Waals surface area contributed by atoms with Gasteiger partial charge in [-0.1, -0.05) is 30.3 Å². The van der Waals surface area contributed by atoms with Crippen molar-refractivity contribution in [3.63, 3.8) is 0 Å². The van der Waals surface area contributed by atoms with Crippen molar-refractivity contribution in [3.8, 4) is 0 Å². The summed E-state index contributed by atoms with van der Waals surface area (Å²) in [4.78, 5) is 0. The van der Waals surface area contributed by atoms with Crippen molar-refractivity contribution >= 4 is 12.6 Å². The van der Waals surface area contributed by atoms with Crippen molar-refractivity contribution < 1.29 is 9.31 Å². The van der Waals surface area contributed by atoms with Gasteiger partial charge in [0, 0.05) is 6.10 Å². The van der Waals surface area contributed by atoms with Gasteiger partial charge in [0.25, 0.3) is 0 Å². The Morgan fingerprint density at radius 3 is 2.53 bits per heavy atom. The van der Waals surface area contributed by atoms with Crippen LogP contribution in [0.25, 0.3) is 0 Å². The molecule has 2 nitrogen and oxygen atoms in total. The van der Waals surface area contributed by atoms with Gasteiger partial charge in [-0.05, 0) is 32.7 Å². The third kappa shape index (κ3) is 2.61. The summed E-state index contributed by atoms with van der Waals surface area (Å²) in [5.74, 6) is 0. The highest BCUT2D eigenvalue weighted by molar-refractivity contribution is 6.61. The van der Waals surface area contributed by atoms with Gasteiger partial charge in [-0.2, -0.15) is 0 Å². The summed E-state index contributed by atoms with van der Waals surface area (Å²) in [6.07, 6.45) is 1.19. The zero-order valence-electron chi connectivity index (χ0n) is 9.57. The lowest BCUT2D eigenvalue weighted by Crippen LogP contribution is -2.51. The first-order chi connectivity index (χ1) is 7.07. The van der Waals surface area contributed by atoms with Gasteiger partial charge in [0.1, 0.15) is 0 Å². The zero-order valence-corrected chi connectivity index (χ0v) is 9.57. The molecule has 1 fully saturated rings. The monoisotopic (exact) mass is 204 g/mol. The SMILES string of the molecule is C[C@@H]1CC(C)(C)OB(c2ccccc2)O1. The molecule has 15 heavy (non-hydrogen) atoms. The van der Waals surface area contributed by atoms with Gasteiger partial charge in [-0.15, -0.1) is 0 Å². The Morgan fingerprint density at radius 2 is 1.93 bits per heavy atom. The predicted octanol–water partition coefficient (Wildman–Crippen LogP) is 1.99. The van der Waals surface area contributed by atoms with Crippen molar-refractivity contribution in [2.75, 3.05) is 0 Å². The van der Waals surface area contributed by atoms with Crippen LogP contribution in [0, 0.1) is 0 Å². The molecule has 0 spiro atoms. The molecule has 0 aliphatic carbocycles. The van der Waals surface area contributed by atoms with E-state index in [1.165, 1.54) is 0 Å². The Morgan fingerprint density at radius 1 is 1.27 bits per heavy atom. The van der Waals surface area contributed by atoms with Crippen LogP contribution in [0.1, 0.15) is 27.2 Å². The van der Waals surface area contributed by atoms with Crippen LogP contribution in [-0.2, 0) is 9.31 Å². The third-order valence-corrected chi connectivity index (χ3v) is 2.63. The van der Waals surface area contributed by atoms with E-state index in [0.29, 0.717) is 0 Å². The van der Waals surface area contributed by atoms with Crippen LogP contribution in [0.3, 0.4) is 0 Å². The second kappa shape index (κ2) is 3.99. The van der Waals surface area contributed by atoms with Gasteiger partial charge in [0.15, 0.2) is 0 Å². The smallest absolute Gasteiger partial charge is 0.405 e. The van der Waals surface area contributed by atoms with Gasteiger partial charge in [0.2, 0.25) is 0 Å². The fourth-order valence-corrected chi connectivity index (χ4v) is 2.07. The summed E-state index contributed by atoms with van der Waals surface area (Å²) in [5.41, 5.74) is 0.996. The summed E-state index contributed by atoms with van der Waals surface area (Å²) in [5, 5.41) is 0. The minimum Gasteiger partial charge on any atom is -0.405 e. The van der Waals surface area contributed by atoms with Crippen LogP contribution in [0.5, 0.6) is 0 Å². The Bertz CT molecular complexity index is 324. The maximum Gasteiger partial charge on any atom is 0.494 e. The number of hydrogen-bond donors (Lipinski definition) is 0. The minimum absolute atomic E-state index is 0.0990. The van der Waals surface area contributed by atoms with E-state index in [9.17, 15) is 0 Å². The van der Waals surface area contributed by atoms with Crippen LogP contribution >= 0.6 is 0 Å². The normalized spacial score (nSPS) is 25.3. The van der Waals surface area contributed by atoms with E-state index in [0.717, 1.165) is 11.9 Å². The van der Waals surface area contributed by atoms with Crippen LogP contribution in [-0.4, -0.2) is 18.8 Å². The van der Waals surface area contributed by atoms with E-state index in [4.69, 9.17) is 9.31 Å². The first-order valence-corrected chi connectivity index (χ1v) is 5.45. The molecule has 1 aromatic rings. The molecule has 0 radical (unpaired) electrons. The summed E-state index contributed by atoms with van der Waals surface area (Å²) >= 11 is 0. The van der Waals surface area contributed by atoms with Crippen LogP contribution in [0.4, 0.5) is 0 Å². The molecule has 1 heterocycles. The molecule has 0 N–H and O–H groups in total. The van der Waals surface area contributed by atoms with Crippen molar-refractivity contribution in [1.82, 2.24) is 0 Å². The Kier molecular flexibility index (Phi) is 2.85. The molecule has 1 saturated heterocycles. The molecule has 3 heteroatoms. The predicted molar refractivity (Wildman–Crippen MR) is 62.2 cm³/mol.